The molecule has 0 aliphatic heterocycles. The van der Waals surface area contributed by atoms with E-state index in [0.29, 0.717) is 0 Å². The molecule has 0 saturated heterocycles. The zero-order chi connectivity index (χ0) is 0. The van der Waals surface area contributed by atoms with Crippen molar-refractivity contribution in [1.82, 2.24) is 0 Å². The molecule has 84 valence electrons. The SMILES string of the molecule is O.O.O.O.O.O.O.O.O.O.[H-].[H-].[Mg+2]. The molecule has 0 aliphatic rings. The van der Waals surface area contributed by atoms with Gasteiger partial charge in [0.05, 0.1) is 0 Å². The molecule has 0 unspecified atom stereocenters. The van der Waals surface area contributed by atoms with Crippen molar-refractivity contribution in [3.8, 4) is 0 Å². The van der Waals surface area contributed by atoms with E-state index in [9.17, 15) is 0 Å². The molecule has 0 aromatic rings. The van der Waals surface area contributed by atoms with Crippen LogP contribution in [0.1, 0.15) is 2.85 Å². The first kappa shape index (κ1) is 9110. The predicted octanol–water partition coefficient (Wildman–Crippen LogP) is -8.40. The maximum atomic E-state index is 0. The van der Waals surface area contributed by atoms with Crippen LogP contribution in [0, 0.1) is 0 Å². The van der Waals surface area contributed by atoms with Crippen molar-refractivity contribution in [1.29, 1.82) is 0 Å². The van der Waals surface area contributed by atoms with Crippen molar-refractivity contribution in [3.63, 3.8) is 0 Å². The van der Waals surface area contributed by atoms with Gasteiger partial charge in [0.2, 0.25) is 0 Å². The maximum absolute atomic E-state index is 0. The molecular weight excluding hydrogens is 184 g/mol. The van der Waals surface area contributed by atoms with Gasteiger partial charge in [0.15, 0.2) is 0 Å². The third-order valence-electron chi connectivity index (χ3n) is 0. The molecule has 0 fully saturated rings. The summed E-state index contributed by atoms with van der Waals surface area (Å²) in [5, 5.41) is 0. The van der Waals surface area contributed by atoms with Crippen LogP contribution in [0.5, 0.6) is 0 Å². The molecule has 0 aliphatic carbocycles. The zero-order valence-corrected chi connectivity index (χ0v) is 7.12. The summed E-state index contributed by atoms with van der Waals surface area (Å²) in [4.78, 5) is 0. The Kier molecular flexibility index (Phi) is 5610000. The van der Waals surface area contributed by atoms with Gasteiger partial charge in [-0.3, -0.25) is 0 Å². The first-order valence-corrected chi connectivity index (χ1v) is 0. The molecule has 0 atom stereocenters. The second-order valence-corrected chi connectivity index (χ2v) is 0. The van der Waals surface area contributed by atoms with Crippen LogP contribution in [0.2, 0.25) is 0 Å². The summed E-state index contributed by atoms with van der Waals surface area (Å²) in [5.74, 6) is 0. The fraction of sp³-hybridized carbons (Fsp3) is 0. The largest absolute Gasteiger partial charge is 2.00 e. The van der Waals surface area contributed by atoms with Crippen molar-refractivity contribution >= 4 is 23.1 Å². The van der Waals surface area contributed by atoms with E-state index >= 15 is 0 Å². The van der Waals surface area contributed by atoms with Crippen molar-refractivity contribution in [3.05, 3.63) is 0 Å². The first-order valence-electron chi connectivity index (χ1n) is 0. The Balaban J connectivity index is 0. The second kappa shape index (κ2) is 6780. The minimum Gasteiger partial charge on any atom is -1.00 e. The van der Waals surface area contributed by atoms with Gasteiger partial charge in [0.25, 0.3) is 0 Å². The Hall–Kier alpha value is 0.366. The van der Waals surface area contributed by atoms with Crippen LogP contribution in [0.4, 0.5) is 0 Å². The van der Waals surface area contributed by atoms with Crippen molar-refractivity contribution in [2.75, 3.05) is 0 Å². The second-order valence-electron chi connectivity index (χ2n) is 0. The van der Waals surface area contributed by atoms with Gasteiger partial charge in [-0.05, 0) is 0 Å². The zero-order valence-electron chi connectivity index (χ0n) is 7.71. The van der Waals surface area contributed by atoms with E-state index in [1.54, 1.807) is 0 Å². The van der Waals surface area contributed by atoms with Gasteiger partial charge in [-0.1, -0.05) is 0 Å². The van der Waals surface area contributed by atoms with Gasteiger partial charge in [0.1, 0.15) is 0 Å². The summed E-state index contributed by atoms with van der Waals surface area (Å²) in [6.45, 7) is 0. The molecule has 0 amide bonds. The monoisotopic (exact) mass is 206 g/mol. The van der Waals surface area contributed by atoms with E-state index in [-0.39, 0.29) is 80.7 Å². The molecular formula is H22MgO10. The van der Waals surface area contributed by atoms with Crippen LogP contribution in [-0.2, 0) is 0 Å². The van der Waals surface area contributed by atoms with Gasteiger partial charge in [0, 0.05) is 0 Å². The number of hydrogen-bond acceptors (Lipinski definition) is 0. The molecule has 0 radical (unpaired) electrons. The third kappa shape index (κ3) is 5410. The molecule has 10 nitrogen and oxygen atoms in total. The van der Waals surface area contributed by atoms with Gasteiger partial charge in [-0.15, -0.1) is 0 Å². The molecule has 0 aromatic carbocycles. The normalized spacial score (nSPS) is 0. The van der Waals surface area contributed by atoms with Crippen LogP contribution in [0.25, 0.3) is 0 Å². The van der Waals surface area contributed by atoms with Crippen LogP contribution in [-0.4, -0.2) is 77.8 Å². The van der Waals surface area contributed by atoms with Gasteiger partial charge in [-0.25, -0.2) is 0 Å². The minimum absolute atomic E-state index is 0. The van der Waals surface area contributed by atoms with Crippen LogP contribution < -0.4 is 0 Å². The molecule has 0 aromatic heterocycles. The number of hydrogen-bond donors (Lipinski definition) is 0. The smallest absolute Gasteiger partial charge is 1.00 e. The Labute approximate surface area is 81.4 Å². The van der Waals surface area contributed by atoms with Gasteiger partial charge < -0.3 is 57.6 Å². The predicted molar refractivity (Wildman–Crippen MR) is 44.1 cm³/mol. The molecule has 0 bridgehead atoms. The average molecular weight is 206 g/mol. The van der Waals surface area contributed by atoms with E-state index in [1.165, 1.54) is 0 Å². The van der Waals surface area contributed by atoms with Crippen LogP contribution in [0.3, 0.4) is 0 Å². The molecule has 11 heavy (non-hydrogen) atoms. The van der Waals surface area contributed by atoms with E-state index in [4.69, 9.17) is 0 Å². The summed E-state index contributed by atoms with van der Waals surface area (Å²) >= 11 is 0. The molecule has 0 heterocycles. The van der Waals surface area contributed by atoms with E-state index in [0.717, 1.165) is 0 Å². The van der Waals surface area contributed by atoms with Crippen molar-refractivity contribution < 1.29 is 57.6 Å². The molecule has 0 rings (SSSR count). The van der Waals surface area contributed by atoms with E-state index in [1.807, 2.05) is 0 Å². The fourth-order valence-electron chi connectivity index (χ4n) is 0. The van der Waals surface area contributed by atoms with Gasteiger partial charge >= 0.3 is 23.1 Å². The average Bonchev–Trinajstić information content (AvgIpc) is 0. The summed E-state index contributed by atoms with van der Waals surface area (Å²) < 4.78 is 0. The quantitative estimate of drug-likeness (QED) is 0.333. The fourth-order valence-corrected chi connectivity index (χ4v) is 0. The molecule has 0 spiro atoms. The topological polar surface area (TPSA) is 315 Å². The molecule has 20 N–H and O–H groups in total. The Morgan fingerprint density at radius 2 is 0.273 bits per heavy atom. The first-order chi connectivity index (χ1) is 0. The Bertz CT molecular complexity index is 12.9. The van der Waals surface area contributed by atoms with Gasteiger partial charge in [-0.2, -0.15) is 0 Å². The standard InChI is InChI=1S/Mg.10H2O.2H/h;10*1H2;;/q+2;;;;;;;;;;;2*-1. The molecule has 0 saturated carbocycles. The summed E-state index contributed by atoms with van der Waals surface area (Å²) in [6.07, 6.45) is 0. The maximum Gasteiger partial charge on any atom is 2.00 e. The molecule has 11 heteroatoms. The van der Waals surface area contributed by atoms with Crippen molar-refractivity contribution in [2.45, 2.75) is 0 Å². The third-order valence-corrected chi connectivity index (χ3v) is 0. The van der Waals surface area contributed by atoms with Crippen molar-refractivity contribution in [2.24, 2.45) is 0 Å². The summed E-state index contributed by atoms with van der Waals surface area (Å²) in [7, 11) is 0. The van der Waals surface area contributed by atoms with Crippen LogP contribution in [0.15, 0.2) is 0 Å². The Morgan fingerprint density at radius 3 is 0.273 bits per heavy atom. The minimum atomic E-state index is 0. The number of rotatable bonds is 0. The summed E-state index contributed by atoms with van der Waals surface area (Å²) in [6, 6.07) is 0. The van der Waals surface area contributed by atoms with E-state index in [2.05, 4.69) is 0 Å². The van der Waals surface area contributed by atoms with Crippen LogP contribution >= 0.6 is 0 Å². The summed E-state index contributed by atoms with van der Waals surface area (Å²) in [5.41, 5.74) is 0. The Morgan fingerprint density at radius 1 is 0.273 bits per heavy atom. The van der Waals surface area contributed by atoms with E-state index < -0.39 is 0 Å².